The first-order valence-corrected chi connectivity index (χ1v) is 7.93. The highest BCUT2D eigenvalue weighted by Gasteiger charge is 2.41. The van der Waals surface area contributed by atoms with Gasteiger partial charge in [-0.25, -0.2) is 9.40 Å². The molecule has 25 heavy (non-hydrogen) atoms. The van der Waals surface area contributed by atoms with Gasteiger partial charge in [0.05, 0.1) is 17.6 Å². The average molecular weight is 340 g/mol. The van der Waals surface area contributed by atoms with Gasteiger partial charge < -0.3 is 5.73 Å². The molecule has 6 nitrogen and oxygen atoms in total. The van der Waals surface area contributed by atoms with Crippen molar-refractivity contribution >= 4 is 11.7 Å². The highest BCUT2D eigenvalue weighted by molar-refractivity contribution is 5.99. The summed E-state index contributed by atoms with van der Waals surface area (Å²) in [5.41, 5.74) is 9.80. The molecule has 1 aromatic carbocycles. The third-order valence-corrected chi connectivity index (χ3v) is 4.40. The zero-order chi connectivity index (χ0) is 18.1. The van der Waals surface area contributed by atoms with E-state index in [-0.39, 0.29) is 28.6 Å². The SMILES string of the molecule is CC(=O)NN1C(N)=C(C#N)C(c2ccccc2F)C2=C1CCCC2=O. The number of nitrogens with two attached hydrogens (primary N) is 1. The van der Waals surface area contributed by atoms with Crippen LogP contribution in [0.2, 0.25) is 0 Å². The smallest absolute Gasteiger partial charge is 0.235 e. The standard InChI is InChI=1S/C18H17FN4O2/c1-10(24)22-23-14-7-4-8-15(25)17(14)16(12(9-20)18(23)21)11-5-2-3-6-13(11)19/h2-3,5-6,16H,4,7-8,21H2,1H3,(H,22,24). The zero-order valence-electron chi connectivity index (χ0n) is 13.7. The molecule has 0 saturated carbocycles. The normalized spacial score (nSPS) is 20.3. The molecule has 1 unspecified atom stereocenters. The number of halogens is 1. The van der Waals surface area contributed by atoms with E-state index in [1.807, 2.05) is 6.07 Å². The lowest BCUT2D eigenvalue weighted by Crippen LogP contribution is -2.47. The molecular formula is C18H17FN4O2. The molecule has 3 rings (SSSR count). The van der Waals surface area contributed by atoms with Crippen molar-refractivity contribution < 1.29 is 14.0 Å². The summed E-state index contributed by atoms with van der Waals surface area (Å²) >= 11 is 0. The van der Waals surface area contributed by atoms with Crippen molar-refractivity contribution in [2.45, 2.75) is 32.1 Å². The van der Waals surface area contributed by atoms with Crippen LogP contribution in [0.5, 0.6) is 0 Å². The molecule has 7 heteroatoms. The molecule has 0 radical (unpaired) electrons. The van der Waals surface area contributed by atoms with E-state index in [0.29, 0.717) is 30.5 Å². The summed E-state index contributed by atoms with van der Waals surface area (Å²) in [6.07, 6.45) is 1.43. The van der Waals surface area contributed by atoms with Crippen molar-refractivity contribution in [2.75, 3.05) is 0 Å². The van der Waals surface area contributed by atoms with Crippen LogP contribution in [0.4, 0.5) is 4.39 Å². The van der Waals surface area contributed by atoms with Crippen LogP contribution in [-0.4, -0.2) is 16.7 Å². The highest BCUT2D eigenvalue weighted by atomic mass is 19.1. The van der Waals surface area contributed by atoms with E-state index in [9.17, 15) is 19.2 Å². The van der Waals surface area contributed by atoms with Crippen LogP contribution < -0.4 is 11.2 Å². The monoisotopic (exact) mass is 340 g/mol. The van der Waals surface area contributed by atoms with Gasteiger partial charge >= 0.3 is 0 Å². The van der Waals surface area contributed by atoms with Crippen molar-refractivity contribution in [1.82, 2.24) is 10.4 Å². The average Bonchev–Trinajstić information content (AvgIpc) is 2.57. The lowest BCUT2D eigenvalue weighted by atomic mass is 9.76. The van der Waals surface area contributed by atoms with Crippen molar-refractivity contribution in [2.24, 2.45) is 5.73 Å². The van der Waals surface area contributed by atoms with Gasteiger partial charge in [-0.1, -0.05) is 18.2 Å². The molecule has 0 bridgehead atoms. The van der Waals surface area contributed by atoms with Gasteiger partial charge in [-0.15, -0.1) is 0 Å². The number of ketones is 1. The number of allylic oxidation sites excluding steroid dienone is 3. The summed E-state index contributed by atoms with van der Waals surface area (Å²) < 4.78 is 14.4. The Morgan fingerprint density at radius 3 is 2.76 bits per heavy atom. The van der Waals surface area contributed by atoms with Gasteiger partial charge in [-0.05, 0) is 18.9 Å². The Labute approximate surface area is 144 Å². The van der Waals surface area contributed by atoms with Crippen LogP contribution in [0.15, 0.2) is 46.9 Å². The second-order valence-electron chi connectivity index (χ2n) is 6.01. The molecule has 0 saturated heterocycles. The number of benzene rings is 1. The molecule has 1 atom stereocenters. The Morgan fingerprint density at radius 1 is 1.40 bits per heavy atom. The maximum absolute atomic E-state index is 14.4. The van der Waals surface area contributed by atoms with Crippen LogP contribution in [-0.2, 0) is 9.59 Å². The number of carbonyl (C=O) groups is 2. The Morgan fingerprint density at radius 2 is 2.12 bits per heavy atom. The fraction of sp³-hybridized carbons (Fsp3) is 0.278. The number of hydrazine groups is 1. The molecule has 2 aliphatic rings. The largest absolute Gasteiger partial charge is 0.383 e. The lowest BCUT2D eigenvalue weighted by molar-refractivity contribution is -0.123. The third-order valence-electron chi connectivity index (χ3n) is 4.40. The number of amides is 1. The Balaban J connectivity index is 2.26. The van der Waals surface area contributed by atoms with E-state index in [2.05, 4.69) is 5.43 Å². The maximum Gasteiger partial charge on any atom is 0.235 e. The van der Waals surface area contributed by atoms with E-state index >= 15 is 0 Å². The lowest BCUT2D eigenvalue weighted by Gasteiger charge is -2.39. The van der Waals surface area contributed by atoms with E-state index in [1.165, 1.54) is 18.0 Å². The number of hydrogen-bond donors (Lipinski definition) is 2. The number of nitrogens with zero attached hydrogens (tertiary/aromatic N) is 2. The van der Waals surface area contributed by atoms with Gasteiger partial charge in [-0.3, -0.25) is 15.0 Å². The Bertz CT molecular complexity index is 866. The summed E-state index contributed by atoms with van der Waals surface area (Å²) in [5, 5.41) is 10.9. The van der Waals surface area contributed by atoms with Crippen LogP contribution in [0.1, 0.15) is 37.7 Å². The van der Waals surface area contributed by atoms with E-state index in [4.69, 9.17) is 5.73 Å². The van der Waals surface area contributed by atoms with Crippen LogP contribution >= 0.6 is 0 Å². The first-order chi connectivity index (χ1) is 12.0. The van der Waals surface area contributed by atoms with Crippen LogP contribution in [0.3, 0.4) is 0 Å². The Hall–Kier alpha value is -3.14. The van der Waals surface area contributed by atoms with Crippen molar-refractivity contribution in [3.63, 3.8) is 0 Å². The van der Waals surface area contributed by atoms with Gasteiger partial charge in [0.25, 0.3) is 0 Å². The van der Waals surface area contributed by atoms with E-state index in [1.54, 1.807) is 18.2 Å². The zero-order valence-corrected chi connectivity index (χ0v) is 13.7. The number of rotatable bonds is 2. The van der Waals surface area contributed by atoms with Crippen molar-refractivity contribution in [1.29, 1.82) is 5.26 Å². The molecule has 1 aliphatic heterocycles. The number of Topliss-reactive ketones (excluding diaryl/α,β-unsaturated/α-hetero) is 1. The van der Waals surface area contributed by atoms with E-state index < -0.39 is 11.7 Å². The molecule has 1 aliphatic carbocycles. The summed E-state index contributed by atoms with van der Waals surface area (Å²) in [6, 6.07) is 8.02. The molecule has 128 valence electrons. The van der Waals surface area contributed by atoms with Gasteiger partial charge in [-0.2, -0.15) is 5.26 Å². The van der Waals surface area contributed by atoms with Gasteiger partial charge in [0.2, 0.25) is 5.91 Å². The molecule has 0 aromatic heterocycles. The van der Waals surface area contributed by atoms with Crippen LogP contribution in [0.25, 0.3) is 0 Å². The minimum absolute atomic E-state index is 0.0133. The predicted molar refractivity (Wildman–Crippen MR) is 87.5 cm³/mol. The molecular weight excluding hydrogens is 323 g/mol. The minimum Gasteiger partial charge on any atom is -0.383 e. The molecule has 0 fully saturated rings. The topological polar surface area (TPSA) is 99.2 Å². The molecule has 1 aromatic rings. The first-order valence-electron chi connectivity index (χ1n) is 7.93. The van der Waals surface area contributed by atoms with E-state index in [0.717, 1.165) is 0 Å². The second kappa shape index (κ2) is 6.40. The highest BCUT2D eigenvalue weighted by Crippen LogP contribution is 2.44. The molecule has 1 heterocycles. The maximum atomic E-state index is 14.4. The fourth-order valence-electron chi connectivity index (χ4n) is 3.39. The van der Waals surface area contributed by atoms with Gasteiger partial charge in [0.15, 0.2) is 5.78 Å². The quantitative estimate of drug-likeness (QED) is 0.857. The van der Waals surface area contributed by atoms with Gasteiger partial charge in [0, 0.05) is 30.2 Å². The van der Waals surface area contributed by atoms with Crippen molar-refractivity contribution in [3.05, 3.63) is 58.3 Å². The minimum atomic E-state index is -0.862. The molecule has 3 N–H and O–H groups in total. The number of hydrogen-bond acceptors (Lipinski definition) is 5. The fourth-order valence-corrected chi connectivity index (χ4v) is 3.39. The molecule has 0 spiro atoms. The number of carbonyl (C=O) groups excluding carboxylic acids is 2. The molecule has 1 amide bonds. The Kier molecular flexibility index (Phi) is 4.28. The summed E-state index contributed by atoms with van der Waals surface area (Å²) in [5.74, 6) is -1.90. The second-order valence-corrected chi connectivity index (χ2v) is 6.01. The number of nitrogens with one attached hydrogen (secondary N) is 1. The third kappa shape index (κ3) is 2.76. The number of nitriles is 1. The summed E-state index contributed by atoms with van der Waals surface area (Å²) in [7, 11) is 0. The summed E-state index contributed by atoms with van der Waals surface area (Å²) in [4.78, 5) is 24.2. The predicted octanol–water partition coefficient (Wildman–Crippen LogP) is 1.98. The van der Waals surface area contributed by atoms with Crippen LogP contribution in [0, 0.1) is 17.1 Å². The van der Waals surface area contributed by atoms with Crippen molar-refractivity contribution in [3.8, 4) is 6.07 Å². The van der Waals surface area contributed by atoms with Gasteiger partial charge in [0.1, 0.15) is 11.6 Å². The summed E-state index contributed by atoms with van der Waals surface area (Å²) in [6.45, 7) is 1.31. The first kappa shape index (κ1) is 16.7.